The molecule has 0 unspecified atom stereocenters. The number of carbonyl (C=O) groups is 1. The molecule has 3 rings (SSSR count). The molecule has 0 aliphatic rings. The minimum atomic E-state index is -0.558. The molecule has 3 heteroatoms. The van der Waals surface area contributed by atoms with Gasteiger partial charge in [-0.1, -0.05) is 42.5 Å². The summed E-state index contributed by atoms with van der Waals surface area (Å²) in [5.74, 6) is -0.159. The fourth-order valence-corrected chi connectivity index (χ4v) is 2.41. The van der Waals surface area contributed by atoms with Crippen molar-refractivity contribution < 1.29 is 9.90 Å². The first kappa shape index (κ1) is 14.3. The molecule has 0 fully saturated rings. The van der Waals surface area contributed by atoms with E-state index in [9.17, 15) is 9.90 Å². The van der Waals surface area contributed by atoms with Crippen LogP contribution < -0.4 is 5.32 Å². The molecule has 0 saturated carbocycles. The Balaban J connectivity index is 1.85. The van der Waals surface area contributed by atoms with E-state index in [1.165, 1.54) is 0 Å². The van der Waals surface area contributed by atoms with Gasteiger partial charge in [-0.05, 0) is 47.5 Å². The maximum absolute atomic E-state index is 12.4. The highest BCUT2D eigenvalue weighted by atomic mass is 16.3. The van der Waals surface area contributed by atoms with Crippen LogP contribution in [0, 0.1) is 0 Å². The minimum Gasteiger partial charge on any atom is -0.389 e. The molecule has 2 N–H and O–H groups in total. The highest BCUT2D eigenvalue weighted by Crippen LogP contribution is 2.19. The molecular weight excluding hydrogens is 274 g/mol. The van der Waals surface area contributed by atoms with Gasteiger partial charge in [0.2, 0.25) is 0 Å². The Morgan fingerprint density at radius 3 is 2.50 bits per heavy atom. The van der Waals surface area contributed by atoms with Crippen LogP contribution in [0.15, 0.2) is 66.7 Å². The van der Waals surface area contributed by atoms with E-state index >= 15 is 0 Å². The Kier molecular flexibility index (Phi) is 3.90. The number of fused-ring (bicyclic) bond motifs is 1. The zero-order valence-corrected chi connectivity index (χ0v) is 12.3. The van der Waals surface area contributed by atoms with E-state index in [1.54, 1.807) is 13.0 Å². The van der Waals surface area contributed by atoms with Gasteiger partial charge in [0.05, 0.1) is 6.10 Å². The number of hydrogen-bond donors (Lipinski definition) is 2. The third kappa shape index (κ3) is 3.00. The van der Waals surface area contributed by atoms with Gasteiger partial charge in [0.1, 0.15) is 0 Å². The van der Waals surface area contributed by atoms with Gasteiger partial charge in [-0.15, -0.1) is 0 Å². The molecule has 0 bridgehead atoms. The van der Waals surface area contributed by atoms with Crippen molar-refractivity contribution in [1.29, 1.82) is 0 Å². The van der Waals surface area contributed by atoms with E-state index in [-0.39, 0.29) is 5.91 Å². The Morgan fingerprint density at radius 1 is 0.955 bits per heavy atom. The second kappa shape index (κ2) is 6.00. The molecular formula is C19H17NO2. The molecule has 0 saturated heterocycles. The predicted octanol–water partition coefficient (Wildman–Crippen LogP) is 4.15. The molecule has 0 aliphatic carbocycles. The van der Waals surface area contributed by atoms with Crippen LogP contribution in [-0.2, 0) is 0 Å². The van der Waals surface area contributed by atoms with Crippen LogP contribution in [-0.4, -0.2) is 11.0 Å². The first-order chi connectivity index (χ1) is 10.6. The van der Waals surface area contributed by atoms with Crippen molar-refractivity contribution in [3.05, 3.63) is 77.9 Å². The summed E-state index contributed by atoms with van der Waals surface area (Å²) < 4.78 is 0. The Bertz CT molecular complexity index is 824. The van der Waals surface area contributed by atoms with Crippen LogP contribution in [0.1, 0.15) is 28.9 Å². The number of rotatable bonds is 3. The van der Waals surface area contributed by atoms with E-state index in [4.69, 9.17) is 0 Å². The van der Waals surface area contributed by atoms with Crippen molar-refractivity contribution in [3.63, 3.8) is 0 Å². The summed E-state index contributed by atoms with van der Waals surface area (Å²) in [5, 5.41) is 14.6. The number of aliphatic hydroxyl groups is 1. The minimum absolute atomic E-state index is 0.159. The van der Waals surface area contributed by atoms with E-state index in [2.05, 4.69) is 5.32 Å². The topological polar surface area (TPSA) is 49.3 Å². The lowest BCUT2D eigenvalue weighted by Crippen LogP contribution is -2.12. The lowest BCUT2D eigenvalue weighted by Gasteiger charge is -2.09. The maximum Gasteiger partial charge on any atom is 0.255 e. The summed E-state index contributed by atoms with van der Waals surface area (Å²) in [6.45, 7) is 1.70. The van der Waals surface area contributed by atoms with Gasteiger partial charge in [-0.25, -0.2) is 0 Å². The van der Waals surface area contributed by atoms with Gasteiger partial charge in [-0.3, -0.25) is 4.79 Å². The van der Waals surface area contributed by atoms with Gasteiger partial charge in [-0.2, -0.15) is 0 Å². The molecule has 0 aromatic heterocycles. The van der Waals surface area contributed by atoms with Crippen molar-refractivity contribution in [3.8, 4) is 0 Å². The lowest BCUT2D eigenvalue weighted by atomic mass is 10.1. The summed E-state index contributed by atoms with van der Waals surface area (Å²) in [5.41, 5.74) is 2.06. The molecule has 0 spiro atoms. The first-order valence-electron chi connectivity index (χ1n) is 7.22. The van der Waals surface area contributed by atoms with Gasteiger partial charge < -0.3 is 10.4 Å². The standard InChI is InChI=1S/C19H17NO2/c1-13(21)15-7-4-8-18(12-15)20-19(22)17-10-9-14-5-2-3-6-16(14)11-17/h2-13,21H,1H3,(H,20,22)/t13-/m0/s1. The van der Waals surface area contributed by atoms with Crippen molar-refractivity contribution in [2.45, 2.75) is 13.0 Å². The van der Waals surface area contributed by atoms with E-state index in [1.807, 2.05) is 60.7 Å². The average Bonchev–Trinajstić information content (AvgIpc) is 2.54. The maximum atomic E-state index is 12.4. The van der Waals surface area contributed by atoms with Crippen LogP contribution in [0.2, 0.25) is 0 Å². The second-order valence-electron chi connectivity index (χ2n) is 5.32. The van der Waals surface area contributed by atoms with Gasteiger partial charge in [0.15, 0.2) is 0 Å². The number of anilines is 1. The zero-order valence-electron chi connectivity index (χ0n) is 12.3. The molecule has 0 heterocycles. The van der Waals surface area contributed by atoms with Crippen LogP contribution >= 0.6 is 0 Å². The van der Waals surface area contributed by atoms with Gasteiger partial charge in [0, 0.05) is 11.3 Å². The molecule has 22 heavy (non-hydrogen) atoms. The number of carbonyl (C=O) groups excluding carboxylic acids is 1. The molecule has 1 amide bonds. The third-order valence-corrected chi connectivity index (χ3v) is 3.64. The van der Waals surface area contributed by atoms with Gasteiger partial charge >= 0.3 is 0 Å². The highest BCUT2D eigenvalue weighted by Gasteiger charge is 2.08. The monoisotopic (exact) mass is 291 g/mol. The molecule has 3 nitrogen and oxygen atoms in total. The summed E-state index contributed by atoms with van der Waals surface area (Å²) in [6, 6.07) is 20.8. The molecule has 110 valence electrons. The normalized spacial score (nSPS) is 12.1. The highest BCUT2D eigenvalue weighted by molar-refractivity contribution is 6.06. The predicted molar refractivity (Wildman–Crippen MR) is 89.0 cm³/mol. The summed E-state index contributed by atoms with van der Waals surface area (Å²) >= 11 is 0. The quantitative estimate of drug-likeness (QED) is 0.761. The Morgan fingerprint density at radius 2 is 1.73 bits per heavy atom. The van der Waals surface area contributed by atoms with Crippen molar-refractivity contribution in [2.75, 3.05) is 5.32 Å². The Hall–Kier alpha value is -2.65. The molecule has 1 atom stereocenters. The van der Waals surface area contributed by atoms with E-state index in [0.717, 1.165) is 16.3 Å². The van der Waals surface area contributed by atoms with Crippen molar-refractivity contribution in [1.82, 2.24) is 0 Å². The largest absolute Gasteiger partial charge is 0.389 e. The van der Waals surface area contributed by atoms with E-state index < -0.39 is 6.10 Å². The molecule has 3 aromatic rings. The molecule has 0 aliphatic heterocycles. The van der Waals surface area contributed by atoms with Crippen LogP contribution in [0.25, 0.3) is 10.8 Å². The van der Waals surface area contributed by atoms with Crippen LogP contribution in [0.5, 0.6) is 0 Å². The summed E-state index contributed by atoms with van der Waals surface area (Å²) in [6.07, 6.45) is -0.558. The number of aliphatic hydroxyl groups excluding tert-OH is 1. The smallest absolute Gasteiger partial charge is 0.255 e. The van der Waals surface area contributed by atoms with Crippen molar-refractivity contribution in [2.24, 2.45) is 0 Å². The SMILES string of the molecule is C[C@H](O)c1cccc(NC(=O)c2ccc3ccccc3c2)c1. The summed E-state index contributed by atoms with van der Waals surface area (Å²) in [4.78, 5) is 12.4. The lowest BCUT2D eigenvalue weighted by molar-refractivity contribution is 0.102. The molecule has 3 aromatic carbocycles. The summed E-state index contributed by atoms with van der Waals surface area (Å²) in [7, 11) is 0. The molecule has 0 radical (unpaired) electrons. The first-order valence-corrected chi connectivity index (χ1v) is 7.22. The number of amides is 1. The second-order valence-corrected chi connectivity index (χ2v) is 5.32. The van der Waals surface area contributed by atoms with Crippen LogP contribution in [0.4, 0.5) is 5.69 Å². The number of nitrogens with one attached hydrogen (secondary N) is 1. The van der Waals surface area contributed by atoms with Crippen molar-refractivity contribution >= 4 is 22.4 Å². The van der Waals surface area contributed by atoms with E-state index in [0.29, 0.717) is 11.3 Å². The Labute approximate surface area is 129 Å². The average molecular weight is 291 g/mol. The fourth-order valence-electron chi connectivity index (χ4n) is 2.41. The third-order valence-electron chi connectivity index (χ3n) is 3.64. The van der Waals surface area contributed by atoms with Gasteiger partial charge in [0.25, 0.3) is 5.91 Å². The fraction of sp³-hybridized carbons (Fsp3) is 0.105. The van der Waals surface area contributed by atoms with Crippen LogP contribution in [0.3, 0.4) is 0 Å². The number of benzene rings is 3. The number of hydrogen-bond acceptors (Lipinski definition) is 2. The zero-order chi connectivity index (χ0) is 15.5.